The molecule has 31 heavy (non-hydrogen) atoms. The molecule has 0 aliphatic carbocycles. The molecule has 0 bridgehead atoms. The summed E-state index contributed by atoms with van der Waals surface area (Å²) in [6.07, 6.45) is -4.52. The fourth-order valence-corrected chi connectivity index (χ4v) is 3.10. The van der Waals surface area contributed by atoms with Gasteiger partial charge in [0, 0.05) is 10.7 Å². The summed E-state index contributed by atoms with van der Waals surface area (Å²) < 4.78 is 44.6. The maximum atomic E-state index is 12.8. The number of carbonyl (C=O) groups excluding carboxylic acids is 2. The van der Waals surface area contributed by atoms with Crippen LogP contribution in [0.2, 0.25) is 5.02 Å². The minimum Gasteiger partial charge on any atom is -0.467 e. The van der Waals surface area contributed by atoms with E-state index in [1.165, 1.54) is 10.7 Å². The Morgan fingerprint density at radius 3 is 2.39 bits per heavy atom. The highest BCUT2D eigenvalue weighted by molar-refractivity contribution is 6.30. The van der Waals surface area contributed by atoms with E-state index in [1.54, 1.807) is 31.2 Å². The number of ether oxygens (including phenoxy) is 1. The Balaban J connectivity index is 1.87. The predicted molar refractivity (Wildman–Crippen MR) is 107 cm³/mol. The number of benzene rings is 2. The second-order valence-electron chi connectivity index (χ2n) is 6.61. The monoisotopic (exact) mass is 451 g/mol. The summed E-state index contributed by atoms with van der Waals surface area (Å²) in [5.41, 5.74) is 0.549. The van der Waals surface area contributed by atoms with Crippen LogP contribution in [0.25, 0.3) is 5.69 Å². The average molecular weight is 452 g/mol. The van der Waals surface area contributed by atoms with E-state index in [0.29, 0.717) is 16.4 Å². The molecule has 1 N–H and O–H groups in total. The lowest BCUT2D eigenvalue weighted by atomic mass is 10.0. The van der Waals surface area contributed by atoms with Crippen LogP contribution in [0.15, 0.2) is 54.6 Å². The number of carbonyl (C=O) groups is 2. The minimum atomic E-state index is -4.52. The summed E-state index contributed by atoms with van der Waals surface area (Å²) >= 11 is 6.00. The van der Waals surface area contributed by atoms with Crippen molar-refractivity contribution in [3.05, 3.63) is 82.1 Å². The number of esters is 1. The van der Waals surface area contributed by atoms with Gasteiger partial charge >= 0.3 is 12.1 Å². The van der Waals surface area contributed by atoms with Gasteiger partial charge in [0.2, 0.25) is 0 Å². The second-order valence-corrected chi connectivity index (χ2v) is 7.05. The normalized spacial score (nSPS) is 12.3. The smallest absolute Gasteiger partial charge is 0.416 e. The first-order chi connectivity index (χ1) is 14.6. The van der Waals surface area contributed by atoms with Crippen LogP contribution in [-0.2, 0) is 15.7 Å². The molecule has 3 rings (SSSR count). The fraction of sp³-hybridized carbons (Fsp3) is 0.190. The van der Waals surface area contributed by atoms with Gasteiger partial charge < -0.3 is 10.1 Å². The quantitative estimate of drug-likeness (QED) is 0.580. The summed E-state index contributed by atoms with van der Waals surface area (Å²) in [4.78, 5) is 24.9. The number of aryl methyl sites for hydroxylation is 1. The van der Waals surface area contributed by atoms with Crippen LogP contribution in [0, 0.1) is 6.92 Å². The summed E-state index contributed by atoms with van der Waals surface area (Å²) in [5.74, 6) is -1.53. The number of methoxy groups -OCH3 is 1. The third kappa shape index (κ3) is 5.05. The Labute approximate surface area is 180 Å². The Hall–Kier alpha value is -3.33. The zero-order chi connectivity index (χ0) is 22.8. The van der Waals surface area contributed by atoms with E-state index in [9.17, 15) is 22.8 Å². The molecule has 1 heterocycles. The fourth-order valence-electron chi connectivity index (χ4n) is 2.92. The second kappa shape index (κ2) is 8.81. The highest BCUT2D eigenvalue weighted by Gasteiger charge is 2.31. The molecule has 6 nitrogen and oxygen atoms in total. The van der Waals surface area contributed by atoms with E-state index in [-0.39, 0.29) is 11.3 Å². The number of hydrogen-bond donors (Lipinski definition) is 1. The number of nitrogens with zero attached hydrogens (tertiary/aromatic N) is 2. The topological polar surface area (TPSA) is 73.2 Å². The van der Waals surface area contributed by atoms with Crippen LogP contribution in [0.1, 0.15) is 33.4 Å². The van der Waals surface area contributed by atoms with Gasteiger partial charge in [-0.05, 0) is 48.9 Å². The zero-order valence-electron chi connectivity index (χ0n) is 16.4. The van der Waals surface area contributed by atoms with E-state index in [2.05, 4.69) is 10.4 Å². The maximum absolute atomic E-state index is 12.8. The Kier molecular flexibility index (Phi) is 6.35. The van der Waals surface area contributed by atoms with Crippen LogP contribution in [-0.4, -0.2) is 28.8 Å². The molecule has 3 aromatic rings. The van der Waals surface area contributed by atoms with Gasteiger partial charge in [0.1, 0.15) is 0 Å². The molecular formula is C21H17ClF3N3O3. The average Bonchev–Trinajstić information content (AvgIpc) is 3.12. The van der Waals surface area contributed by atoms with Crippen molar-refractivity contribution in [3.8, 4) is 5.69 Å². The van der Waals surface area contributed by atoms with E-state index in [0.717, 1.165) is 31.4 Å². The van der Waals surface area contributed by atoms with E-state index in [4.69, 9.17) is 16.3 Å². The van der Waals surface area contributed by atoms with Gasteiger partial charge in [0.05, 0.1) is 18.4 Å². The lowest BCUT2D eigenvalue weighted by Gasteiger charge is -2.17. The van der Waals surface area contributed by atoms with Crippen LogP contribution in [0.5, 0.6) is 0 Å². The lowest BCUT2D eigenvalue weighted by Crippen LogP contribution is -2.34. The first-order valence-electron chi connectivity index (χ1n) is 8.98. The standard InChI is InChI=1S/C21H17ClF3N3O3/c1-12-10-17(27-28(12)16-5-3-4-15(22)11-16)19(29)26-18(20(30)31-2)13-6-8-14(9-7-13)21(23,24)25/h3-11,18H,1-2H3,(H,26,29). The van der Waals surface area contributed by atoms with Crippen molar-refractivity contribution in [2.75, 3.05) is 7.11 Å². The first kappa shape index (κ1) is 22.4. The molecule has 0 saturated carbocycles. The molecule has 0 fully saturated rings. The van der Waals surface area contributed by atoms with Gasteiger partial charge in [-0.25, -0.2) is 9.48 Å². The molecule has 0 aliphatic heterocycles. The van der Waals surface area contributed by atoms with Crippen molar-refractivity contribution in [1.29, 1.82) is 0 Å². The number of alkyl halides is 3. The number of rotatable bonds is 5. The summed E-state index contributed by atoms with van der Waals surface area (Å²) in [6.45, 7) is 1.73. The minimum absolute atomic E-state index is 0.0123. The predicted octanol–water partition coefficient (Wildman–Crippen LogP) is 4.50. The highest BCUT2D eigenvalue weighted by atomic mass is 35.5. The Morgan fingerprint density at radius 2 is 1.81 bits per heavy atom. The summed E-state index contributed by atoms with van der Waals surface area (Å²) in [7, 11) is 1.11. The Bertz CT molecular complexity index is 1110. The van der Waals surface area contributed by atoms with Gasteiger partial charge in [-0.3, -0.25) is 4.79 Å². The Morgan fingerprint density at radius 1 is 1.13 bits per heavy atom. The maximum Gasteiger partial charge on any atom is 0.416 e. The summed E-state index contributed by atoms with van der Waals surface area (Å²) in [6, 6.07) is 10.9. The van der Waals surface area contributed by atoms with E-state index < -0.39 is 29.7 Å². The first-order valence-corrected chi connectivity index (χ1v) is 9.36. The molecule has 1 amide bonds. The van der Waals surface area contributed by atoms with Crippen LogP contribution in [0.4, 0.5) is 13.2 Å². The molecule has 0 aliphatic rings. The third-order valence-electron chi connectivity index (χ3n) is 4.46. The van der Waals surface area contributed by atoms with Crippen LogP contribution in [0.3, 0.4) is 0 Å². The van der Waals surface area contributed by atoms with Crippen molar-refractivity contribution in [2.24, 2.45) is 0 Å². The van der Waals surface area contributed by atoms with Crippen molar-refractivity contribution < 1.29 is 27.5 Å². The van der Waals surface area contributed by atoms with Gasteiger partial charge in [-0.2, -0.15) is 18.3 Å². The molecule has 0 radical (unpaired) electrons. The zero-order valence-corrected chi connectivity index (χ0v) is 17.2. The largest absolute Gasteiger partial charge is 0.467 e. The van der Waals surface area contributed by atoms with Gasteiger partial charge in [-0.15, -0.1) is 0 Å². The summed E-state index contributed by atoms with van der Waals surface area (Å²) in [5, 5.41) is 7.20. The number of amides is 1. The number of halogens is 4. The number of nitrogens with one attached hydrogen (secondary N) is 1. The highest BCUT2D eigenvalue weighted by Crippen LogP contribution is 2.30. The number of aromatic nitrogens is 2. The molecule has 10 heteroatoms. The lowest BCUT2D eigenvalue weighted by molar-refractivity contribution is -0.143. The molecule has 1 unspecified atom stereocenters. The molecule has 162 valence electrons. The third-order valence-corrected chi connectivity index (χ3v) is 4.69. The molecule has 0 saturated heterocycles. The van der Waals surface area contributed by atoms with Crippen LogP contribution < -0.4 is 5.32 Å². The van der Waals surface area contributed by atoms with E-state index in [1.807, 2.05) is 0 Å². The van der Waals surface area contributed by atoms with E-state index >= 15 is 0 Å². The SMILES string of the molecule is COC(=O)C(NC(=O)c1cc(C)n(-c2cccc(Cl)c2)n1)c1ccc(C(F)(F)F)cc1. The molecule has 0 spiro atoms. The van der Waals surface area contributed by atoms with Gasteiger partial charge in [-0.1, -0.05) is 29.8 Å². The van der Waals surface area contributed by atoms with Gasteiger partial charge in [0.25, 0.3) is 5.91 Å². The molecular weight excluding hydrogens is 435 g/mol. The molecule has 1 aromatic heterocycles. The van der Waals surface area contributed by atoms with Crippen molar-refractivity contribution in [2.45, 2.75) is 19.1 Å². The van der Waals surface area contributed by atoms with Crippen molar-refractivity contribution in [1.82, 2.24) is 15.1 Å². The van der Waals surface area contributed by atoms with Gasteiger partial charge in [0.15, 0.2) is 11.7 Å². The number of hydrogen-bond acceptors (Lipinski definition) is 4. The molecule has 1 atom stereocenters. The molecule has 2 aromatic carbocycles. The van der Waals surface area contributed by atoms with Crippen molar-refractivity contribution in [3.63, 3.8) is 0 Å². The van der Waals surface area contributed by atoms with Crippen molar-refractivity contribution >= 4 is 23.5 Å². The van der Waals surface area contributed by atoms with Crippen LogP contribution >= 0.6 is 11.6 Å².